The Morgan fingerprint density at radius 2 is 2.50 bits per heavy atom. The second-order valence-electron chi connectivity index (χ2n) is 2.44. The summed E-state index contributed by atoms with van der Waals surface area (Å²) in [6.45, 7) is 0.459. The second kappa shape index (κ2) is 3.61. The van der Waals surface area contributed by atoms with E-state index < -0.39 is 6.16 Å². The summed E-state index contributed by atoms with van der Waals surface area (Å²) in [6, 6.07) is 1.27. The van der Waals surface area contributed by atoms with Crippen LogP contribution in [0, 0.1) is 0 Å². The molecular formula is C6H12O3Si. The van der Waals surface area contributed by atoms with Crippen LogP contribution >= 0.6 is 0 Å². The van der Waals surface area contributed by atoms with Crippen LogP contribution in [0.2, 0.25) is 6.04 Å². The minimum atomic E-state index is -0.502. The number of rotatable bonds is 3. The zero-order chi connectivity index (χ0) is 7.40. The van der Waals surface area contributed by atoms with Crippen molar-refractivity contribution in [3.63, 3.8) is 0 Å². The van der Waals surface area contributed by atoms with Gasteiger partial charge in [0.1, 0.15) is 12.7 Å². The highest BCUT2D eigenvalue weighted by molar-refractivity contribution is 6.08. The van der Waals surface area contributed by atoms with Gasteiger partial charge in [-0.1, -0.05) is 12.5 Å². The standard InChI is InChI=1S/C6H12O3Si/c7-6-8-4-5(9-6)2-1-3-10/h5H,1-4H2,10H3. The van der Waals surface area contributed by atoms with Crippen LogP contribution in [0.4, 0.5) is 4.79 Å². The average molecular weight is 160 g/mol. The van der Waals surface area contributed by atoms with Gasteiger partial charge >= 0.3 is 6.16 Å². The molecule has 4 heteroatoms. The molecule has 58 valence electrons. The van der Waals surface area contributed by atoms with Crippen molar-refractivity contribution in [3.05, 3.63) is 0 Å². The van der Waals surface area contributed by atoms with Crippen molar-refractivity contribution in [2.24, 2.45) is 0 Å². The molecule has 0 aromatic heterocycles. The van der Waals surface area contributed by atoms with Gasteiger partial charge in [0.2, 0.25) is 0 Å². The third-order valence-electron chi connectivity index (χ3n) is 1.53. The molecule has 1 heterocycles. The number of ether oxygens (including phenoxy) is 2. The minimum absolute atomic E-state index is 0.0430. The van der Waals surface area contributed by atoms with Gasteiger partial charge in [0.05, 0.1) is 0 Å². The van der Waals surface area contributed by atoms with Gasteiger partial charge in [-0.25, -0.2) is 4.79 Å². The van der Waals surface area contributed by atoms with E-state index in [-0.39, 0.29) is 6.10 Å². The number of carbonyl (C=O) groups excluding carboxylic acids is 1. The van der Waals surface area contributed by atoms with Crippen LogP contribution in [0.15, 0.2) is 0 Å². The van der Waals surface area contributed by atoms with Crippen molar-refractivity contribution in [3.8, 4) is 0 Å². The molecule has 0 aliphatic carbocycles. The first-order chi connectivity index (χ1) is 4.83. The van der Waals surface area contributed by atoms with E-state index in [4.69, 9.17) is 4.74 Å². The highest BCUT2D eigenvalue weighted by Crippen LogP contribution is 2.11. The van der Waals surface area contributed by atoms with Crippen LogP contribution in [-0.4, -0.2) is 29.1 Å². The highest BCUT2D eigenvalue weighted by atomic mass is 28.1. The monoisotopic (exact) mass is 160 g/mol. The SMILES string of the molecule is O=C1OCC(CCC[SiH3])O1. The van der Waals surface area contributed by atoms with Gasteiger partial charge in [0.15, 0.2) is 0 Å². The molecule has 0 saturated carbocycles. The molecule has 0 radical (unpaired) electrons. The van der Waals surface area contributed by atoms with Gasteiger partial charge in [-0.05, 0) is 6.42 Å². The normalized spacial score (nSPS) is 24.4. The topological polar surface area (TPSA) is 35.5 Å². The summed E-state index contributed by atoms with van der Waals surface area (Å²) in [5.41, 5.74) is 0. The van der Waals surface area contributed by atoms with E-state index in [9.17, 15) is 4.79 Å². The Bertz CT molecular complexity index is 126. The third-order valence-corrected chi connectivity index (χ3v) is 2.24. The first kappa shape index (κ1) is 7.59. The maximum atomic E-state index is 10.4. The van der Waals surface area contributed by atoms with Crippen molar-refractivity contribution in [2.45, 2.75) is 25.0 Å². The van der Waals surface area contributed by atoms with Crippen LogP contribution in [0.3, 0.4) is 0 Å². The molecule has 1 saturated heterocycles. The van der Waals surface area contributed by atoms with E-state index >= 15 is 0 Å². The Balaban J connectivity index is 2.12. The molecule has 1 aliphatic heterocycles. The molecule has 0 aromatic rings. The third kappa shape index (κ3) is 2.02. The van der Waals surface area contributed by atoms with Crippen LogP contribution in [0.5, 0.6) is 0 Å². The van der Waals surface area contributed by atoms with Crippen molar-refractivity contribution in [1.82, 2.24) is 0 Å². The molecule has 0 spiro atoms. The molecule has 1 unspecified atom stereocenters. The molecular weight excluding hydrogens is 148 g/mol. The van der Waals surface area contributed by atoms with Gasteiger partial charge in [0.25, 0.3) is 0 Å². The lowest BCUT2D eigenvalue weighted by atomic mass is 10.2. The van der Waals surface area contributed by atoms with E-state index in [1.807, 2.05) is 0 Å². The summed E-state index contributed by atoms with van der Waals surface area (Å²) in [5.74, 6) is 0. The van der Waals surface area contributed by atoms with E-state index in [1.165, 1.54) is 16.3 Å². The molecule has 0 amide bonds. The zero-order valence-corrected chi connectivity index (χ0v) is 8.13. The number of cyclic esters (lactones) is 2. The van der Waals surface area contributed by atoms with Crippen LogP contribution in [0.25, 0.3) is 0 Å². The predicted octanol–water partition coefficient (Wildman–Crippen LogP) is 0.0857. The van der Waals surface area contributed by atoms with Crippen molar-refractivity contribution >= 4 is 16.4 Å². The van der Waals surface area contributed by atoms with E-state index in [2.05, 4.69) is 4.74 Å². The first-order valence-corrected chi connectivity index (χ1v) is 5.07. The fourth-order valence-electron chi connectivity index (χ4n) is 0.939. The zero-order valence-electron chi connectivity index (χ0n) is 6.13. The van der Waals surface area contributed by atoms with Crippen molar-refractivity contribution < 1.29 is 14.3 Å². The molecule has 3 nitrogen and oxygen atoms in total. The maximum Gasteiger partial charge on any atom is 0.508 e. The van der Waals surface area contributed by atoms with Crippen molar-refractivity contribution in [1.29, 1.82) is 0 Å². The second-order valence-corrected chi connectivity index (χ2v) is 3.44. The Morgan fingerprint density at radius 1 is 1.70 bits per heavy atom. The fourth-order valence-corrected chi connectivity index (χ4v) is 1.35. The van der Waals surface area contributed by atoms with E-state index in [0.717, 1.165) is 12.8 Å². The maximum absolute atomic E-state index is 10.4. The number of hydrogen-bond acceptors (Lipinski definition) is 3. The largest absolute Gasteiger partial charge is 0.508 e. The Morgan fingerprint density at radius 3 is 3.00 bits per heavy atom. The van der Waals surface area contributed by atoms with Crippen LogP contribution in [-0.2, 0) is 9.47 Å². The van der Waals surface area contributed by atoms with Gasteiger partial charge in [0, 0.05) is 10.2 Å². The van der Waals surface area contributed by atoms with Crippen molar-refractivity contribution in [2.75, 3.05) is 6.61 Å². The molecule has 1 aliphatic rings. The summed E-state index contributed by atoms with van der Waals surface area (Å²) < 4.78 is 9.43. The average Bonchev–Trinajstić information content (AvgIpc) is 2.31. The first-order valence-electron chi connectivity index (χ1n) is 3.66. The lowest BCUT2D eigenvalue weighted by molar-refractivity contribution is 0.116. The molecule has 0 N–H and O–H groups in total. The summed E-state index contributed by atoms with van der Waals surface area (Å²) in [7, 11) is 1.23. The lowest BCUT2D eigenvalue weighted by Gasteiger charge is -2.02. The smallest absolute Gasteiger partial charge is 0.430 e. The van der Waals surface area contributed by atoms with E-state index in [1.54, 1.807) is 0 Å². The Hall–Kier alpha value is -0.513. The summed E-state index contributed by atoms with van der Waals surface area (Å²) in [4.78, 5) is 10.4. The lowest BCUT2D eigenvalue weighted by Crippen LogP contribution is -2.08. The van der Waals surface area contributed by atoms with Crippen LogP contribution in [0.1, 0.15) is 12.8 Å². The molecule has 0 bridgehead atoms. The Labute approximate surface area is 63.1 Å². The summed E-state index contributed by atoms with van der Waals surface area (Å²) in [6.07, 6.45) is 1.67. The number of hydrogen-bond donors (Lipinski definition) is 0. The van der Waals surface area contributed by atoms with E-state index in [0.29, 0.717) is 6.61 Å². The molecule has 10 heavy (non-hydrogen) atoms. The number of carbonyl (C=O) groups is 1. The molecule has 1 atom stereocenters. The quantitative estimate of drug-likeness (QED) is 0.433. The Kier molecular flexibility index (Phi) is 2.74. The highest BCUT2D eigenvalue weighted by Gasteiger charge is 2.23. The predicted molar refractivity (Wildman–Crippen MR) is 40.2 cm³/mol. The molecule has 1 rings (SSSR count). The molecule has 0 aromatic carbocycles. The van der Waals surface area contributed by atoms with Gasteiger partial charge < -0.3 is 9.47 Å². The fraction of sp³-hybridized carbons (Fsp3) is 0.833. The summed E-state index contributed by atoms with van der Waals surface area (Å²) >= 11 is 0. The van der Waals surface area contributed by atoms with Gasteiger partial charge in [-0.2, -0.15) is 0 Å². The van der Waals surface area contributed by atoms with Gasteiger partial charge in [-0.15, -0.1) is 0 Å². The summed E-state index contributed by atoms with van der Waals surface area (Å²) in [5, 5.41) is 0. The van der Waals surface area contributed by atoms with Gasteiger partial charge in [-0.3, -0.25) is 0 Å². The molecule has 1 fully saturated rings. The van der Waals surface area contributed by atoms with Crippen LogP contribution < -0.4 is 0 Å². The minimum Gasteiger partial charge on any atom is -0.430 e.